The Labute approximate surface area is 113 Å². The van der Waals surface area contributed by atoms with Crippen molar-refractivity contribution in [2.75, 3.05) is 12.0 Å². The van der Waals surface area contributed by atoms with Gasteiger partial charge in [-0.25, -0.2) is 8.42 Å². The topological polar surface area (TPSA) is 60.2 Å². The van der Waals surface area contributed by atoms with Crippen LogP contribution in [0.15, 0.2) is 53.4 Å². The molecule has 0 aromatic heterocycles. The summed E-state index contributed by atoms with van der Waals surface area (Å²) in [5.74, 6) is 0. The minimum atomic E-state index is -3.17. The standard InChI is InChI=1S/C13H13NO2S.ClH/c1-17(15,16)13-4-2-3-11(9-13)10-5-7-12(14)8-6-10;/h2-9H,14H2,1H3;1H. The molecule has 0 radical (unpaired) electrons. The van der Waals surface area contributed by atoms with Gasteiger partial charge in [-0.3, -0.25) is 0 Å². The lowest BCUT2D eigenvalue weighted by Gasteiger charge is -2.04. The van der Waals surface area contributed by atoms with E-state index in [4.69, 9.17) is 5.73 Å². The van der Waals surface area contributed by atoms with Crippen LogP contribution in [0.1, 0.15) is 0 Å². The van der Waals surface area contributed by atoms with Crippen molar-refractivity contribution in [3.05, 3.63) is 48.5 Å². The minimum absolute atomic E-state index is 0. The number of halogens is 1. The van der Waals surface area contributed by atoms with Gasteiger partial charge < -0.3 is 5.73 Å². The van der Waals surface area contributed by atoms with E-state index in [0.29, 0.717) is 10.6 Å². The van der Waals surface area contributed by atoms with Crippen LogP contribution in [0.4, 0.5) is 5.69 Å². The minimum Gasteiger partial charge on any atom is -0.399 e. The van der Waals surface area contributed by atoms with Gasteiger partial charge in [0.15, 0.2) is 9.84 Å². The molecule has 96 valence electrons. The normalized spacial score (nSPS) is 10.7. The molecule has 0 unspecified atom stereocenters. The van der Waals surface area contributed by atoms with E-state index in [0.717, 1.165) is 11.1 Å². The van der Waals surface area contributed by atoms with E-state index in [1.165, 1.54) is 6.26 Å². The van der Waals surface area contributed by atoms with Crippen LogP contribution in [0.2, 0.25) is 0 Å². The maximum absolute atomic E-state index is 11.5. The van der Waals surface area contributed by atoms with Crippen molar-refractivity contribution in [3.8, 4) is 11.1 Å². The van der Waals surface area contributed by atoms with E-state index in [1.807, 2.05) is 18.2 Å². The molecule has 0 aliphatic carbocycles. The Morgan fingerprint density at radius 2 is 1.56 bits per heavy atom. The van der Waals surface area contributed by atoms with Gasteiger partial charge in [0.1, 0.15) is 0 Å². The van der Waals surface area contributed by atoms with Gasteiger partial charge in [-0.2, -0.15) is 0 Å². The molecule has 2 rings (SSSR count). The van der Waals surface area contributed by atoms with E-state index in [-0.39, 0.29) is 12.4 Å². The summed E-state index contributed by atoms with van der Waals surface area (Å²) in [6.45, 7) is 0. The van der Waals surface area contributed by atoms with Gasteiger partial charge in [0.05, 0.1) is 4.90 Å². The van der Waals surface area contributed by atoms with Crippen molar-refractivity contribution in [2.45, 2.75) is 4.90 Å². The van der Waals surface area contributed by atoms with Crippen LogP contribution in [0, 0.1) is 0 Å². The molecule has 5 heteroatoms. The van der Waals surface area contributed by atoms with Crippen molar-refractivity contribution in [1.29, 1.82) is 0 Å². The predicted molar refractivity (Wildman–Crippen MR) is 76.6 cm³/mol. The average Bonchev–Trinajstić information content (AvgIpc) is 2.29. The predicted octanol–water partition coefficient (Wildman–Crippen LogP) is 2.76. The lowest BCUT2D eigenvalue weighted by molar-refractivity contribution is 0.602. The lowest BCUT2D eigenvalue weighted by atomic mass is 10.1. The number of anilines is 1. The fourth-order valence-corrected chi connectivity index (χ4v) is 2.25. The fraction of sp³-hybridized carbons (Fsp3) is 0.0769. The Morgan fingerprint density at radius 1 is 0.944 bits per heavy atom. The quantitative estimate of drug-likeness (QED) is 0.862. The molecule has 2 N–H and O–H groups in total. The number of hydrogen-bond donors (Lipinski definition) is 1. The number of rotatable bonds is 2. The summed E-state index contributed by atoms with van der Waals surface area (Å²) >= 11 is 0. The van der Waals surface area contributed by atoms with Gasteiger partial charge in [-0.05, 0) is 35.4 Å². The van der Waals surface area contributed by atoms with Gasteiger partial charge in [0.2, 0.25) is 0 Å². The molecule has 2 aromatic rings. The summed E-state index contributed by atoms with van der Waals surface area (Å²) in [7, 11) is -3.17. The molecule has 0 aliphatic rings. The molecule has 0 spiro atoms. The number of nitrogens with two attached hydrogens (primary N) is 1. The van der Waals surface area contributed by atoms with Crippen molar-refractivity contribution >= 4 is 27.9 Å². The molecular formula is C13H14ClNO2S. The van der Waals surface area contributed by atoms with Crippen LogP contribution in [-0.2, 0) is 9.84 Å². The summed E-state index contributed by atoms with van der Waals surface area (Å²) in [6.07, 6.45) is 1.20. The summed E-state index contributed by atoms with van der Waals surface area (Å²) < 4.78 is 22.9. The maximum Gasteiger partial charge on any atom is 0.175 e. The molecule has 0 atom stereocenters. The highest BCUT2D eigenvalue weighted by atomic mass is 35.5. The lowest BCUT2D eigenvalue weighted by Crippen LogP contribution is -1.96. The molecule has 0 saturated heterocycles. The molecule has 0 fully saturated rings. The molecule has 2 aromatic carbocycles. The fourth-order valence-electron chi connectivity index (χ4n) is 1.58. The van der Waals surface area contributed by atoms with Crippen LogP contribution in [0.25, 0.3) is 11.1 Å². The molecule has 18 heavy (non-hydrogen) atoms. The maximum atomic E-state index is 11.5. The zero-order valence-corrected chi connectivity index (χ0v) is 11.5. The number of sulfone groups is 1. The molecule has 0 saturated carbocycles. The van der Waals surface area contributed by atoms with Crippen molar-refractivity contribution in [2.24, 2.45) is 0 Å². The van der Waals surface area contributed by atoms with E-state index < -0.39 is 9.84 Å². The first-order valence-electron chi connectivity index (χ1n) is 5.13. The molecule has 0 aliphatic heterocycles. The summed E-state index contributed by atoms with van der Waals surface area (Å²) in [5, 5.41) is 0. The third-order valence-electron chi connectivity index (χ3n) is 2.51. The van der Waals surface area contributed by atoms with Crippen molar-refractivity contribution < 1.29 is 8.42 Å². The van der Waals surface area contributed by atoms with Crippen LogP contribution in [0.3, 0.4) is 0 Å². The second kappa shape index (κ2) is 5.42. The third kappa shape index (κ3) is 3.24. The van der Waals surface area contributed by atoms with Crippen LogP contribution in [0.5, 0.6) is 0 Å². The second-order valence-electron chi connectivity index (χ2n) is 3.92. The largest absolute Gasteiger partial charge is 0.399 e. The van der Waals surface area contributed by atoms with Crippen molar-refractivity contribution in [3.63, 3.8) is 0 Å². The molecule has 0 heterocycles. The van der Waals surface area contributed by atoms with Crippen LogP contribution < -0.4 is 5.73 Å². The Hall–Kier alpha value is -1.52. The van der Waals surface area contributed by atoms with Crippen LogP contribution >= 0.6 is 12.4 Å². The highest BCUT2D eigenvalue weighted by Gasteiger charge is 2.07. The third-order valence-corrected chi connectivity index (χ3v) is 3.62. The average molecular weight is 284 g/mol. The Bertz CT molecular complexity index is 636. The number of benzene rings is 2. The second-order valence-corrected chi connectivity index (χ2v) is 5.94. The number of hydrogen-bond acceptors (Lipinski definition) is 3. The van der Waals surface area contributed by atoms with E-state index >= 15 is 0 Å². The monoisotopic (exact) mass is 283 g/mol. The van der Waals surface area contributed by atoms with E-state index in [1.54, 1.807) is 30.3 Å². The van der Waals surface area contributed by atoms with E-state index in [9.17, 15) is 8.42 Å². The zero-order valence-electron chi connectivity index (χ0n) is 9.83. The summed E-state index contributed by atoms with van der Waals surface area (Å²) in [5.41, 5.74) is 8.11. The number of nitrogen functional groups attached to an aromatic ring is 1. The first kappa shape index (κ1) is 14.5. The summed E-state index contributed by atoms with van der Waals surface area (Å²) in [6, 6.07) is 14.2. The Morgan fingerprint density at radius 3 is 2.11 bits per heavy atom. The van der Waals surface area contributed by atoms with Gasteiger partial charge in [0.25, 0.3) is 0 Å². The van der Waals surface area contributed by atoms with Gasteiger partial charge >= 0.3 is 0 Å². The molecule has 0 bridgehead atoms. The highest BCUT2D eigenvalue weighted by molar-refractivity contribution is 7.90. The van der Waals surface area contributed by atoms with Crippen molar-refractivity contribution in [1.82, 2.24) is 0 Å². The Kier molecular flexibility index (Phi) is 4.38. The first-order valence-corrected chi connectivity index (χ1v) is 7.02. The first-order chi connectivity index (χ1) is 7.97. The highest BCUT2D eigenvalue weighted by Crippen LogP contribution is 2.23. The summed E-state index contributed by atoms with van der Waals surface area (Å²) in [4.78, 5) is 0.326. The SMILES string of the molecule is CS(=O)(=O)c1cccc(-c2ccc(N)cc2)c1.Cl. The molecular weight excluding hydrogens is 270 g/mol. The van der Waals surface area contributed by atoms with E-state index in [2.05, 4.69) is 0 Å². The van der Waals surface area contributed by atoms with Crippen LogP contribution in [-0.4, -0.2) is 14.7 Å². The zero-order chi connectivity index (χ0) is 12.5. The van der Waals surface area contributed by atoms with Gasteiger partial charge in [0, 0.05) is 11.9 Å². The Balaban J connectivity index is 0.00000162. The van der Waals surface area contributed by atoms with Gasteiger partial charge in [-0.1, -0.05) is 24.3 Å². The molecule has 3 nitrogen and oxygen atoms in total. The molecule has 0 amide bonds. The van der Waals surface area contributed by atoms with Gasteiger partial charge in [-0.15, -0.1) is 12.4 Å². The smallest absolute Gasteiger partial charge is 0.175 e.